The molecule has 5 aromatic rings. The highest BCUT2D eigenvalue weighted by Gasteiger charge is 2.12. The summed E-state index contributed by atoms with van der Waals surface area (Å²) in [6, 6.07) is 23.3. The summed E-state index contributed by atoms with van der Waals surface area (Å²) < 4.78 is 5.47. The Morgan fingerprint density at radius 3 is 2.00 bits per heavy atom. The maximum atomic E-state index is 5.47. The number of imidazole rings is 2. The van der Waals surface area contributed by atoms with Crippen LogP contribution in [0.3, 0.4) is 0 Å². The molecule has 0 aliphatic carbocycles. The van der Waals surface area contributed by atoms with E-state index in [1.807, 2.05) is 18.5 Å². The topological polar surface area (TPSA) is 66.6 Å². The molecule has 0 radical (unpaired) electrons. The maximum Gasteiger partial charge on any atom is 0.122 e. The van der Waals surface area contributed by atoms with Crippen LogP contribution in [0.4, 0.5) is 0 Å². The molecule has 3 aromatic carbocycles. The molecule has 0 fully saturated rings. The van der Waals surface area contributed by atoms with Gasteiger partial charge in [0, 0.05) is 36.6 Å². The number of methoxy groups -OCH3 is 1. The number of ether oxygens (including phenoxy) is 1. The number of aromatic amines is 2. The third-order valence-corrected chi connectivity index (χ3v) is 6.35. The third kappa shape index (κ3) is 6.30. The maximum absolute atomic E-state index is 5.47. The predicted octanol–water partition coefficient (Wildman–Crippen LogP) is 6.80. The molecule has 0 spiro atoms. The van der Waals surface area contributed by atoms with Gasteiger partial charge < -0.3 is 14.7 Å². The van der Waals surface area contributed by atoms with Gasteiger partial charge in [0.25, 0.3) is 0 Å². The van der Waals surface area contributed by atoms with Gasteiger partial charge in [-0.05, 0) is 52.3 Å². The Balaban J connectivity index is 0.000000169. The highest BCUT2D eigenvalue weighted by Crippen LogP contribution is 2.28. The van der Waals surface area contributed by atoms with Crippen molar-refractivity contribution in [3.63, 3.8) is 0 Å². The summed E-state index contributed by atoms with van der Waals surface area (Å²) in [7, 11) is 1.74. The lowest BCUT2D eigenvalue weighted by molar-refractivity contribution is 0.409. The first-order valence-electron chi connectivity index (χ1n) is 12.5. The molecule has 36 heavy (non-hydrogen) atoms. The van der Waals surface area contributed by atoms with Crippen LogP contribution in [-0.4, -0.2) is 27.0 Å². The van der Waals surface area contributed by atoms with Gasteiger partial charge in [0.15, 0.2) is 0 Å². The van der Waals surface area contributed by atoms with Crippen LogP contribution in [0.5, 0.6) is 5.75 Å². The first-order valence-corrected chi connectivity index (χ1v) is 12.5. The number of aromatic nitrogens is 4. The molecule has 0 atom stereocenters. The number of hydrogen-bond acceptors (Lipinski definition) is 3. The van der Waals surface area contributed by atoms with Crippen LogP contribution in [0.25, 0.3) is 11.1 Å². The van der Waals surface area contributed by atoms with Crippen molar-refractivity contribution in [1.82, 2.24) is 19.9 Å². The predicted molar refractivity (Wildman–Crippen MR) is 146 cm³/mol. The molecule has 0 aliphatic rings. The van der Waals surface area contributed by atoms with E-state index in [9.17, 15) is 0 Å². The van der Waals surface area contributed by atoms with Crippen molar-refractivity contribution in [3.8, 4) is 16.9 Å². The summed E-state index contributed by atoms with van der Waals surface area (Å²) in [5.41, 5.74) is 10.2. The average Bonchev–Trinajstić information content (AvgIpc) is 3.64. The highest BCUT2D eigenvalue weighted by molar-refractivity contribution is 5.64. The van der Waals surface area contributed by atoms with Gasteiger partial charge in [0.2, 0.25) is 0 Å². The van der Waals surface area contributed by atoms with Gasteiger partial charge in [-0.3, -0.25) is 0 Å². The number of hydrogen-bond donors (Lipinski definition) is 2. The van der Waals surface area contributed by atoms with E-state index in [4.69, 9.17) is 4.74 Å². The lowest BCUT2D eigenvalue weighted by atomic mass is 9.93. The molecule has 2 aromatic heterocycles. The fourth-order valence-corrected chi connectivity index (χ4v) is 4.51. The Morgan fingerprint density at radius 2 is 1.39 bits per heavy atom. The summed E-state index contributed by atoms with van der Waals surface area (Å²) in [5, 5.41) is 0. The van der Waals surface area contributed by atoms with Gasteiger partial charge >= 0.3 is 0 Å². The van der Waals surface area contributed by atoms with E-state index < -0.39 is 0 Å². The summed E-state index contributed by atoms with van der Waals surface area (Å²) in [6.07, 6.45) is 11.0. The largest absolute Gasteiger partial charge is 0.496 e. The SMILES string of the molecule is CCc1ccc(OC)c(CC)c1Cc1cnc[nH]1.c1ccc(-c2cccc(Cc3cnc[nH]3)c2)cc1. The second kappa shape index (κ2) is 12.5. The lowest BCUT2D eigenvalue weighted by Crippen LogP contribution is -2.03. The molecule has 2 N–H and O–H groups in total. The Hall–Kier alpha value is -4.12. The molecule has 0 aliphatic heterocycles. The van der Waals surface area contributed by atoms with Gasteiger partial charge in [0.05, 0.1) is 19.8 Å². The average molecular weight is 479 g/mol. The minimum atomic E-state index is 0.890. The molecule has 0 bridgehead atoms. The van der Waals surface area contributed by atoms with Crippen LogP contribution < -0.4 is 4.74 Å². The number of aryl methyl sites for hydroxylation is 1. The zero-order valence-electron chi connectivity index (χ0n) is 21.3. The van der Waals surface area contributed by atoms with Crippen molar-refractivity contribution in [2.75, 3.05) is 7.11 Å². The first-order chi connectivity index (χ1) is 17.7. The fourth-order valence-electron chi connectivity index (χ4n) is 4.51. The van der Waals surface area contributed by atoms with E-state index >= 15 is 0 Å². The molecule has 0 unspecified atom stereocenters. The summed E-state index contributed by atoms with van der Waals surface area (Å²) in [4.78, 5) is 14.4. The van der Waals surface area contributed by atoms with Gasteiger partial charge in [-0.25, -0.2) is 9.97 Å². The van der Waals surface area contributed by atoms with Gasteiger partial charge in [-0.1, -0.05) is 74.5 Å². The number of H-pyrrole nitrogens is 2. The van der Waals surface area contributed by atoms with Crippen LogP contribution in [-0.2, 0) is 25.7 Å². The van der Waals surface area contributed by atoms with Crippen molar-refractivity contribution in [3.05, 3.63) is 125 Å². The Morgan fingerprint density at radius 1 is 0.694 bits per heavy atom. The van der Waals surface area contributed by atoms with Crippen LogP contribution in [0, 0.1) is 0 Å². The van der Waals surface area contributed by atoms with Crippen LogP contribution in [0.1, 0.15) is 47.5 Å². The molecule has 0 saturated carbocycles. The fraction of sp³-hybridized carbons (Fsp3) is 0.226. The van der Waals surface area contributed by atoms with Crippen molar-refractivity contribution in [2.45, 2.75) is 39.5 Å². The zero-order valence-corrected chi connectivity index (χ0v) is 21.3. The number of nitrogens with zero attached hydrogens (tertiary/aromatic N) is 2. The Labute approximate surface area is 213 Å². The van der Waals surface area contributed by atoms with E-state index in [0.29, 0.717) is 0 Å². The number of rotatable bonds is 8. The summed E-state index contributed by atoms with van der Waals surface area (Å²) >= 11 is 0. The number of benzene rings is 3. The summed E-state index contributed by atoms with van der Waals surface area (Å²) in [5.74, 6) is 0.990. The van der Waals surface area contributed by atoms with E-state index in [0.717, 1.165) is 42.8 Å². The van der Waals surface area contributed by atoms with Gasteiger partial charge in [0.1, 0.15) is 5.75 Å². The second-order valence-electron chi connectivity index (χ2n) is 8.66. The van der Waals surface area contributed by atoms with Gasteiger partial charge in [-0.15, -0.1) is 0 Å². The quantitative estimate of drug-likeness (QED) is 0.258. The normalized spacial score (nSPS) is 10.5. The monoisotopic (exact) mass is 478 g/mol. The molecule has 2 heterocycles. The first kappa shape index (κ1) is 25.0. The minimum Gasteiger partial charge on any atom is -0.496 e. The van der Waals surface area contributed by atoms with Gasteiger partial charge in [-0.2, -0.15) is 0 Å². The Bertz CT molecular complexity index is 1330. The van der Waals surface area contributed by atoms with Crippen molar-refractivity contribution in [2.24, 2.45) is 0 Å². The second-order valence-corrected chi connectivity index (χ2v) is 8.66. The molecular weight excluding hydrogens is 444 g/mol. The molecule has 184 valence electrons. The minimum absolute atomic E-state index is 0.890. The standard InChI is InChI=1S/C16H14N2.C15H20N2O/c1-2-6-14(7-3-1)15-8-4-5-13(9-15)10-16-11-17-12-18-16;1-4-11-6-7-15(18-3)13(5-2)14(11)8-12-9-16-10-17-12/h1-9,11-12H,10H2,(H,17,18);6-7,9-10H,4-5,8H2,1-3H3,(H,16,17). The molecule has 0 amide bonds. The molecule has 5 rings (SSSR count). The van der Waals surface area contributed by atoms with Crippen molar-refractivity contribution in [1.29, 1.82) is 0 Å². The molecular formula is C31H34N4O. The van der Waals surface area contributed by atoms with E-state index in [1.54, 1.807) is 19.8 Å². The molecule has 5 nitrogen and oxygen atoms in total. The van der Waals surface area contributed by atoms with Crippen LogP contribution in [0.15, 0.2) is 91.8 Å². The van der Waals surface area contributed by atoms with E-state index in [1.165, 1.54) is 33.4 Å². The van der Waals surface area contributed by atoms with Crippen molar-refractivity contribution < 1.29 is 4.74 Å². The summed E-state index contributed by atoms with van der Waals surface area (Å²) in [6.45, 7) is 4.37. The lowest BCUT2D eigenvalue weighted by Gasteiger charge is -2.16. The van der Waals surface area contributed by atoms with E-state index in [2.05, 4.69) is 94.4 Å². The van der Waals surface area contributed by atoms with Crippen LogP contribution in [0.2, 0.25) is 0 Å². The third-order valence-electron chi connectivity index (χ3n) is 6.35. The van der Waals surface area contributed by atoms with E-state index in [-0.39, 0.29) is 0 Å². The highest BCUT2D eigenvalue weighted by atomic mass is 16.5. The van der Waals surface area contributed by atoms with Crippen molar-refractivity contribution >= 4 is 0 Å². The van der Waals surface area contributed by atoms with Crippen LogP contribution >= 0.6 is 0 Å². The zero-order chi connectivity index (χ0) is 25.2. The number of nitrogens with one attached hydrogen (secondary N) is 2. The molecule has 5 heteroatoms. The Kier molecular flexibility index (Phi) is 8.71. The molecule has 0 saturated heterocycles. The smallest absolute Gasteiger partial charge is 0.122 e.